The van der Waals surface area contributed by atoms with Crippen molar-refractivity contribution in [3.05, 3.63) is 248 Å². The Bertz CT molecular complexity index is 4740. The molecule has 5 heteroatoms. The first-order valence-corrected chi connectivity index (χ1v) is 26.5. The predicted octanol–water partition coefficient (Wildman–Crippen LogP) is 20.8. The average Bonchev–Trinajstić information content (AvgIpc) is 4.39. The van der Waals surface area contributed by atoms with Gasteiger partial charge in [-0.1, -0.05) is 130 Å². The van der Waals surface area contributed by atoms with Crippen molar-refractivity contribution >= 4 is 138 Å². The lowest BCUT2D eigenvalue weighted by Crippen LogP contribution is -2.10. The average molecular weight is 988 g/mol. The topological polar surface area (TPSA) is 37.2 Å². The minimum atomic E-state index is 0.0608. The molecule has 5 nitrogen and oxygen atoms in total. The number of hydrogen-bond donors (Lipinski definition) is 0. The van der Waals surface area contributed by atoms with Crippen LogP contribution in [0.3, 0.4) is 0 Å². The molecule has 0 aliphatic heterocycles. The quantitative estimate of drug-likeness (QED) is 0.159. The molecule has 12 aromatic carbocycles. The number of furan rings is 2. The Morgan fingerprint density at radius 1 is 0.299 bits per heavy atom. The van der Waals surface area contributed by atoms with Gasteiger partial charge in [0.2, 0.25) is 0 Å². The Morgan fingerprint density at radius 2 is 0.727 bits per heavy atom. The standard InChI is InChI=1S/C72H49N3O2/c1-72(2,3)50-26-22-44(23-27-50)49-38-63-61-36-45-24-28-53(73(51-14-6-4-7-15-51)55-30-32-59-57-18-10-12-20-67(57)76-69(59)42-55)34-47(45)40-65(61)75-66-41-48-35-54(29-25-46(48)37-62(66)64(39-49)71(63)75)74(52-16-8-5-9-17-52)56-31-33-60-58-19-11-13-21-68(58)77-70(60)43-56/h4-43H,1-3H3. The number of hydrogen-bond acceptors (Lipinski definition) is 4. The van der Waals surface area contributed by atoms with E-state index in [1.807, 2.05) is 24.3 Å². The van der Waals surface area contributed by atoms with Crippen LogP contribution in [0.2, 0.25) is 0 Å². The summed E-state index contributed by atoms with van der Waals surface area (Å²) in [6.45, 7) is 6.84. The Hall–Kier alpha value is -9.84. The molecule has 0 fully saturated rings. The lowest BCUT2D eigenvalue weighted by atomic mass is 9.86. The minimum Gasteiger partial charge on any atom is -0.456 e. The van der Waals surface area contributed by atoms with Gasteiger partial charge < -0.3 is 23.0 Å². The highest BCUT2D eigenvalue weighted by Crippen LogP contribution is 2.47. The molecule has 0 unspecified atom stereocenters. The molecule has 16 aromatic rings. The largest absolute Gasteiger partial charge is 0.456 e. The molecule has 0 saturated heterocycles. The van der Waals surface area contributed by atoms with Crippen LogP contribution in [-0.4, -0.2) is 4.40 Å². The second-order valence-electron chi connectivity index (χ2n) is 21.8. The summed E-state index contributed by atoms with van der Waals surface area (Å²) in [6, 6.07) is 88.5. The van der Waals surface area contributed by atoms with Crippen molar-refractivity contribution in [1.29, 1.82) is 0 Å². The molecular formula is C72H49N3O2. The molecule has 0 aliphatic carbocycles. The van der Waals surface area contributed by atoms with E-state index in [4.69, 9.17) is 8.83 Å². The van der Waals surface area contributed by atoms with E-state index in [0.717, 1.165) is 88.8 Å². The molecule has 4 aromatic heterocycles. The van der Waals surface area contributed by atoms with Crippen LogP contribution in [0.25, 0.3) is 115 Å². The summed E-state index contributed by atoms with van der Waals surface area (Å²) in [6.07, 6.45) is 0. The first-order chi connectivity index (χ1) is 37.8. The van der Waals surface area contributed by atoms with Crippen LogP contribution < -0.4 is 9.80 Å². The highest BCUT2D eigenvalue weighted by molar-refractivity contribution is 6.27. The van der Waals surface area contributed by atoms with E-state index < -0.39 is 0 Å². The summed E-state index contributed by atoms with van der Waals surface area (Å²) in [7, 11) is 0. The minimum absolute atomic E-state index is 0.0608. The van der Waals surface area contributed by atoms with Crippen LogP contribution in [-0.2, 0) is 5.41 Å². The number of benzene rings is 12. The van der Waals surface area contributed by atoms with Gasteiger partial charge in [0, 0.05) is 89.3 Å². The van der Waals surface area contributed by atoms with E-state index in [2.05, 4.69) is 253 Å². The number of nitrogens with zero attached hydrogens (tertiary/aromatic N) is 3. The molecule has 0 amide bonds. The summed E-state index contributed by atoms with van der Waals surface area (Å²) in [4.78, 5) is 4.68. The summed E-state index contributed by atoms with van der Waals surface area (Å²) >= 11 is 0. The molecular weight excluding hydrogens is 939 g/mol. The molecule has 0 bridgehead atoms. The van der Waals surface area contributed by atoms with Crippen molar-refractivity contribution in [3.8, 4) is 11.1 Å². The van der Waals surface area contributed by atoms with E-state index in [9.17, 15) is 0 Å². The molecule has 0 saturated carbocycles. The van der Waals surface area contributed by atoms with Gasteiger partial charge in [0.15, 0.2) is 0 Å². The SMILES string of the molecule is CC(C)(C)c1ccc(-c2cc3c4cc5ccc(N(c6ccccc6)c6ccc7c(c6)oc6ccccc67)cc5cc4n4c5cc6cc(N(c7ccccc7)c7ccc8c(c7)oc7ccccc78)ccc6cc5c(c2)c34)cc1. The zero-order chi connectivity index (χ0) is 51.1. The van der Waals surface area contributed by atoms with Crippen molar-refractivity contribution in [2.24, 2.45) is 0 Å². The van der Waals surface area contributed by atoms with Gasteiger partial charge in [-0.15, -0.1) is 0 Å². The normalized spacial score (nSPS) is 12.4. The van der Waals surface area contributed by atoms with Crippen molar-refractivity contribution in [2.75, 3.05) is 9.80 Å². The maximum Gasteiger partial charge on any atom is 0.137 e. The Balaban J connectivity index is 0.908. The van der Waals surface area contributed by atoms with Crippen molar-refractivity contribution < 1.29 is 8.83 Å². The molecule has 16 rings (SSSR count). The molecule has 77 heavy (non-hydrogen) atoms. The second kappa shape index (κ2) is 16.3. The predicted molar refractivity (Wildman–Crippen MR) is 324 cm³/mol. The van der Waals surface area contributed by atoms with Gasteiger partial charge in [-0.05, 0) is 165 Å². The van der Waals surface area contributed by atoms with Crippen LogP contribution in [0.5, 0.6) is 0 Å². The van der Waals surface area contributed by atoms with Gasteiger partial charge in [-0.3, -0.25) is 0 Å². The number of para-hydroxylation sites is 4. The number of fused-ring (bicyclic) bond motifs is 14. The lowest BCUT2D eigenvalue weighted by molar-refractivity contribution is 0.590. The molecule has 0 N–H and O–H groups in total. The summed E-state index contributed by atoms with van der Waals surface area (Å²) in [5.41, 5.74) is 17.3. The van der Waals surface area contributed by atoms with Crippen LogP contribution in [0, 0.1) is 0 Å². The molecule has 4 heterocycles. The summed E-state index contributed by atoms with van der Waals surface area (Å²) < 4.78 is 15.4. The molecule has 364 valence electrons. The monoisotopic (exact) mass is 987 g/mol. The van der Waals surface area contributed by atoms with Crippen LogP contribution in [0.15, 0.2) is 251 Å². The Kier molecular flexibility index (Phi) is 9.24. The van der Waals surface area contributed by atoms with E-state index in [1.165, 1.54) is 65.6 Å². The van der Waals surface area contributed by atoms with E-state index in [0.29, 0.717) is 0 Å². The van der Waals surface area contributed by atoms with Gasteiger partial charge in [0.25, 0.3) is 0 Å². The summed E-state index contributed by atoms with van der Waals surface area (Å²) in [5.74, 6) is 0. The van der Waals surface area contributed by atoms with Gasteiger partial charge in [-0.2, -0.15) is 0 Å². The van der Waals surface area contributed by atoms with Gasteiger partial charge in [0.1, 0.15) is 22.3 Å². The maximum absolute atomic E-state index is 6.45. The Morgan fingerprint density at radius 3 is 1.21 bits per heavy atom. The van der Waals surface area contributed by atoms with Gasteiger partial charge in [0.05, 0.1) is 16.6 Å². The number of anilines is 6. The first-order valence-electron chi connectivity index (χ1n) is 26.5. The highest BCUT2D eigenvalue weighted by atomic mass is 16.3. The highest BCUT2D eigenvalue weighted by Gasteiger charge is 2.24. The third kappa shape index (κ3) is 6.80. The fourth-order valence-electron chi connectivity index (χ4n) is 12.4. The van der Waals surface area contributed by atoms with Crippen molar-refractivity contribution in [3.63, 3.8) is 0 Å². The van der Waals surface area contributed by atoms with Crippen molar-refractivity contribution in [2.45, 2.75) is 26.2 Å². The van der Waals surface area contributed by atoms with Gasteiger partial charge >= 0.3 is 0 Å². The smallest absolute Gasteiger partial charge is 0.137 e. The van der Waals surface area contributed by atoms with E-state index >= 15 is 0 Å². The second-order valence-corrected chi connectivity index (χ2v) is 21.8. The molecule has 0 atom stereocenters. The van der Waals surface area contributed by atoms with E-state index in [-0.39, 0.29) is 5.41 Å². The Labute approximate surface area is 444 Å². The molecule has 0 aliphatic rings. The lowest BCUT2D eigenvalue weighted by Gasteiger charge is -2.25. The van der Waals surface area contributed by atoms with Crippen LogP contribution >= 0.6 is 0 Å². The third-order valence-electron chi connectivity index (χ3n) is 16.1. The zero-order valence-corrected chi connectivity index (χ0v) is 42.8. The number of aromatic nitrogens is 1. The van der Waals surface area contributed by atoms with E-state index in [1.54, 1.807) is 0 Å². The first kappa shape index (κ1) is 43.5. The van der Waals surface area contributed by atoms with Crippen molar-refractivity contribution in [1.82, 2.24) is 4.40 Å². The zero-order valence-electron chi connectivity index (χ0n) is 42.8. The van der Waals surface area contributed by atoms with Crippen LogP contribution in [0.1, 0.15) is 26.3 Å². The molecule has 0 spiro atoms. The maximum atomic E-state index is 6.45. The number of rotatable bonds is 7. The van der Waals surface area contributed by atoms with Gasteiger partial charge in [-0.25, -0.2) is 0 Å². The fourth-order valence-corrected chi connectivity index (χ4v) is 12.4. The fraction of sp³-hybridized carbons (Fsp3) is 0.0556. The summed E-state index contributed by atoms with van der Waals surface area (Å²) in [5, 5.41) is 14.1. The van der Waals surface area contributed by atoms with Crippen LogP contribution in [0.4, 0.5) is 34.1 Å². The molecule has 0 radical (unpaired) electrons. The third-order valence-corrected chi connectivity index (χ3v) is 16.1.